The number of nitrogens with one attached hydrogen (secondary N) is 1. The van der Waals surface area contributed by atoms with E-state index in [1.165, 1.54) is 28.6 Å². The van der Waals surface area contributed by atoms with Gasteiger partial charge in [0.05, 0.1) is 25.0 Å². The van der Waals surface area contributed by atoms with Crippen molar-refractivity contribution < 1.29 is 22.3 Å². The fourth-order valence-corrected chi connectivity index (χ4v) is 3.92. The molecule has 0 fully saturated rings. The molecule has 0 aromatic heterocycles. The molecular weight excluding hydrogens is 455 g/mol. The van der Waals surface area contributed by atoms with Crippen LogP contribution in [-0.4, -0.2) is 33.7 Å². The van der Waals surface area contributed by atoms with Gasteiger partial charge in [0.2, 0.25) is 10.0 Å². The van der Waals surface area contributed by atoms with Crippen LogP contribution in [0.25, 0.3) is 0 Å². The minimum atomic E-state index is -3.55. The van der Waals surface area contributed by atoms with Crippen molar-refractivity contribution in [1.29, 1.82) is 0 Å². The molecule has 0 saturated heterocycles. The van der Waals surface area contributed by atoms with Crippen LogP contribution in [0.5, 0.6) is 5.75 Å². The van der Waals surface area contributed by atoms with E-state index in [-0.39, 0.29) is 31.4 Å². The third-order valence-electron chi connectivity index (χ3n) is 4.53. The van der Waals surface area contributed by atoms with E-state index in [0.29, 0.717) is 22.0 Å². The molecule has 0 bridgehead atoms. The minimum absolute atomic E-state index is 0.141. The molecule has 0 saturated carbocycles. The number of rotatable bonds is 9. The molecule has 6 nitrogen and oxygen atoms in total. The zero-order valence-electron chi connectivity index (χ0n) is 17.3. The van der Waals surface area contributed by atoms with Gasteiger partial charge in [0.1, 0.15) is 18.2 Å². The van der Waals surface area contributed by atoms with Crippen LogP contribution in [0.15, 0.2) is 72.8 Å². The van der Waals surface area contributed by atoms with Crippen molar-refractivity contribution in [2.45, 2.75) is 6.54 Å². The van der Waals surface area contributed by atoms with Crippen LogP contribution in [0, 0.1) is 5.82 Å². The number of nitrogens with zero attached hydrogens (tertiary/aromatic N) is 1. The number of benzene rings is 3. The molecule has 0 aliphatic carbocycles. The molecule has 3 aromatic carbocycles. The Morgan fingerprint density at radius 3 is 2.22 bits per heavy atom. The van der Waals surface area contributed by atoms with Crippen LogP contribution >= 0.6 is 11.6 Å². The van der Waals surface area contributed by atoms with Crippen LogP contribution in [0.2, 0.25) is 5.02 Å². The van der Waals surface area contributed by atoms with E-state index in [2.05, 4.69) is 5.32 Å². The predicted molar refractivity (Wildman–Crippen MR) is 123 cm³/mol. The number of anilines is 1. The van der Waals surface area contributed by atoms with Crippen LogP contribution in [0.3, 0.4) is 0 Å². The van der Waals surface area contributed by atoms with Gasteiger partial charge in [-0.2, -0.15) is 0 Å². The number of halogens is 2. The Labute approximate surface area is 191 Å². The van der Waals surface area contributed by atoms with Gasteiger partial charge in [0, 0.05) is 10.6 Å². The molecule has 1 N–H and O–H groups in total. The van der Waals surface area contributed by atoms with Crippen LogP contribution in [0.1, 0.15) is 15.9 Å². The highest BCUT2D eigenvalue weighted by molar-refractivity contribution is 7.92. The van der Waals surface area contributed by atoms with Gasteiger partial charge in [-0.25, -0.2) is 12.8 Å². The average Bonchev–Trinajstić information content (AvgIpc) is 2.77. The number of amides is 1. The Morgan fingerprint density at radius 1 is 1.00 bits per heavy atom. The van der Waals surface area contributed by atoms with Gasteiger partial charge in [-0.3, -0.25) is 9.10 Å². The van der Waals surface area contributed by atoms with E-state index < -0.39 is 10.0 Å². The maximum absolute atomic E-state index is 12.9. The first-order chi connectivity index (χ1) is 15.2. The fourth-order valence-electron chi connectivity index (χ4n) is 2.90. The molecule has 1 amide bonds. The first kappa shape index (κ1) is 23.6. The van der Waals surface area contributed by atoms with Gasteiger partial charge in [-0.1, -0.05) is 23.7 Å². The van der Waals surface area contributed by atoms with Crippen LogP contribution < -0.4 is 14.4 Å². The zero-order valence-corrected chi connectivity index (χ0v) is 18.9. The van der Waals surface area contributed by atoms with E-state index in [4.69, 9.17) is 16.3 Å². The van der Waals surface area contributed by atoms with Gasteiger partial charge >= 0.3 is 0 Å². The molecular formula is C23H22ClFN2O4S. The van der Waals surface area contributed by atoms with E-state index in [9.17, 15) is 17.6 Å². The molecule has 0 unspecified atom stereocenters. The largest absolute Gasteiger partial charge is 0.492 e. The number of carbonyl (C=O) groups is 1. The second-order valence-electron chi connectivity index (χ2n) is 7.00. The third-order valence-corrected chi connectivity index (χ3v) is 5.92. The van der Waals surface area contributed by atoms with Crippen LogP contribution in [-0.2, 0) is 16.6 Å². The summed E-state index contributed by atoms with van der Waals surface area (Å²) in [5, 5.41) is 3.29. The van der Waals surface area contributed by atoms with Crippen molar-refractivity contribution in [2.75, 3.05) is 23.7 Å². The molecule has 0 radical (unpaired) electrons. The number of hydrogen-bond donors (Lipinski definition) is 1. The SMILES string of the molecule is CS(=O)(=O)N(Cc1ccc(Cl)cc1)c1ccc(C(=O)NCCOc2ccc(F)cc2)cc1. The van der Waals surface area contributed by atoms with Crippen molar-refractivity contribution in [3.8, 4) is 5.75 Å². The molecule has 0 aliphatic heterocycles. The van der Waals surface area contributed by atoms with E-state index in [1.54, 1.807) is 48.5 Å². The van der Waals surface area contributed by atoms with Crippen molar-refractivity contribution in [3.05, 3.63) is 94.8 Å². The highest BCUT2D eigenvalue weighted by atomic mass is 35.5. The highest BCUT2D eigenvalue weighted by Gasteiger charge is 2.18. The summed E-state index contributed by atoms with van der Waals surface area (Å²) < 4.78 is 44.2. The van der Waals surface area contributed by atoms with E-state index >= 15 is 0 Å². The van der Waals surface area contributed by atoms with Crippen LogP contribution in [0.4, 0.5) is 10.1 Å². The predicted octanol–water partition coefficient (Wildman–Crippen LogP) is 4.25. The zero-order chi connectivity index (χ0) is 23.1. The maximum Gasteiger partial charge on any atom is 0.251 e. The van der Waals surface area contributed by atoms with Crippen molar-refractivity contribution >= 4 is 33.2 Å². The second-order valence-corrected chi connectivity index (χ2v) is 9.34. The smallest absolute Gasteiger partial charge is 0.251 e. The second kappa shape index (κ2) is 10.5. The molecule has 3 rings (SSSR count). The first-order valence-electron chi connectivity index (χ1n) is 9.71. The monoisotopic (exact) mass is 476 g/mol. The van der Waals surface area contributed by atoms with E-state index in [0.717, 1.165) is 11.8 Å². The summed E-state index contributed by atoms with van der Waals surface area (Å²) >= 11 is 5.89. The average molecular weight is 477 g/mol. The normalized spacial score (nSPS) is 11.1. The lowest BCUT2D eigenvalue weighted by molar-refractivity contribution is 0.0947. The molecule has 0 atom stereocenters. The highest BCUT2D eigenvalue weighted by Crippen LogP contribution is 2.22. The molecule has 0 heterocycles. The molecule has 0 spiro atoms. The lowest BCUT2D eigenvalue weighted by Crippen LogP contribution is -2.30. The Morgan fingerprint density at radius 2 is 1.62 bits per heavy atom. The minimum Gasteiger partial charge on any atom is -0.492 e. The fraction of sp³-hybridized carbons (Fsp3) is 0.174. The number of ether oxygens (including phenoxy) is 1. The van der Waals surface area contributed by atoms with Gasteiger partial charge < -0.3 is 10.1 Å². The quantitative estimate of drug-likeness (QED) is 0.468. The maximum atomic E-state index is 12.9. The van der Waals surface area contributed by atoms with Gasteiger partial charge in [-0.05, 0) is 66.2 Å². The Hall–Kier alpha value is -3.10. The number of carbonyl (C=O) groups excluding carboxylic acids is 1. The number of sulfonamides is 1. The molecule has 0 aliphatic rings. The topological polar surface area (TPSA) is 75.7 Å². The summed E-state index contributed by atoms with van der Waals surface area (Å²) in [5.74, 6) is -0.161. The molecule has 168 valence electrons. The van der Waals surface area contributed by atoms with Gasteiger partial charge in [0.15, 0.2) is 0 Å². The third kappa shape index (κ3) is 6.70. The molecule has 9 heteroatoms. The Kier molecular flexibility index (Phi) is 7.71. The van der Waals surface area contributed by atoms with Crippen molar-refractivity contribution in [1.82, 2.24) is 5.32 Å². The summed E-state index contributed by atoms with van der Waals surface area (Å²) in [5.41, 5.74) is 1.61. The van der Waals surface area contributed by atoms with E-state index in [1.807, 2.05) is 0 Å². The summed E-state index contributed by atoms with van der Waals surface area (Å²) in [4.78, 5) is 12.3. The first-order valence-corrected chi connectivity index (χ1v) is 11.9. The van der Waals surface area contributed by atoms with Gasteiger partial charge in [-0.15, -0.1) is 0 Å². The lowest BCUT2D eigenvalue weighted by atomic mass is 10.2. The Bertz CT molecular complexity index is 1150. The summed E-state index contributed by atoms with van der Waals surface area (Å²) in [6.45, 7) is 0.616. The van der Waals surface area contributed by atoms with Crippen molar-refractivity contribution in [2.24, 2.45) is 0 Å². The molecule has 32 heavy (non-hydrogen) atoms. The van der Waals surface area contributed by atoms with Crippen molar-refractivity contribution in [3.63, 3.8) is 0 Å². The standard InChI is InChI=1S/C23H22ClFN2O4S/c1-32(29,30)27(16-17-2-6-19(24)7-3-17)21-10-4-18(5-11-21)23(28)26-14-15-31-22-12-8-20(25)9-13-22/h2-13H,14-16H2,1H3,(H,26,28). The number of hydrogen-bond acceptors (Lipinski definition) is 4. The summed E-state index contributed by atoms with van der Waals surface area (Å²) in [6, 6.07) is 18.8. The molecule has 3 aromatic rings. The lowest BCUT2D eigenvalue weighted by Gasteiger charge is -2.23. The summed E-state index contributed by atoms with van der Waals surface area (Å²) in [6.07, 6.45) is 1.13. The van der Waals surface area contributed by atoms with Gasteiger partial charge in [0.25, 0.3) is 5.91 Å². The summed E-state index contributed by atoms with van der Waals surface area (Å²) in [7, 11) is -3.55. The Balaban J connectivity index is 1.59.